The van der Waals surface area contributed by atoms with Crippen LogP contribution in [-0.4, -0.2) is 32.0 Å². The van der Waals surface area contributed by atoms with Crippen LogP contribution in [0.2, 0.25) is 0 Å². The number of hydrogen-bond donors (Lipinski definition) is 2. The fourth-order valence-corrected chi connectivity index (χ4v) is 4.76. The van der Waals surface area contributed by atoms with Crippen molar-refractivity contribution < 1.29 is 8.42 Å². The van der Waals surface area contributed by atoms with Gasteiger partial charge in [0.2, 0.25) is 0 Å². The third-order valence-electron chi connectivity index (χ3n) is 4.07. The topological polar surface area (TPSA) is 72.2 Å². The molecule has 0 aromatic heterocycles. The van der Waals surface area contributed by atoms with Crippen molar-refractivity contribution in [3.8, 4) is 0 Å². The number of hydrogen-bond acceptors (Lipinski definition) is 4. The lowest BCUT2D eigenvalue weighted by molar-refractivity contribution is 0.338. The number of benzene rings is 1. The zero-order valence-corrected chi connectivity index (χ0v) is 12.1. The van der Waals surface area contributed by atoms with Crippen LogP contribution in [0, 0.1) is 0 Å². The Kier molecular flexibility index (Phi) is 4.28. The molecule has 3 N–H and O–H groups in total. The van der Waals surface area contributed by atoms with Gasteiger partial charge >= 0.3 is 0 Å². The van der Waals surface area contributed by atoms with Gasteiger partial charge in [0.15, 0.2) is 9.84 Å². The largest absolute Gasteiger partial charge is 0.329 e. The van der Waals surface area contributed by atoms with Gasteiger partial charge in [-0.05, 0) is 18.4 Å². The second-order valence-electron chi connectivity index (χ2n) is 5.41. The van der Waals surface area contributed by atoms with E-state index in [-0.39, 0.29) is 5.25 Å². The zero-order valence-electron chi connectivity index (χ0n) is 11.3. The molecule has 0 spiro atoms. The first-order valence-corrected chi connectivity index (χ1v) is 8.61. The Balaban J connectivity index is 2.14. The van der Waals surface area contributed by atoms with E-state index in [0.29, 0.717) is 19.5 Å². The van der Waals surface area contributed by atoms with Crippen LogP contribution in [-0.2, 0) is 16.4 Å². The summed E-state index contributed by atoms with van der Waals surface area (Å²) >= 11 is 0. The maximum Gasteiger partial charge on any atom is 0.152 e. The molecule has 0 radical (unpaired) electrons. The van der Waals surface area contributed by atoms with E-state index in [4.69, 9.17) is 5.73 Å². The van der Waals surface area contributed by atoms with Gasteiger partial charge in [-0.25, -0.2) is 8.42 Å². The number of nitrogens with two attached hydrogens (primary N) is 1. The minimum atomic E-state index is -3.07. The van der Waals surface area contributed by atoms with E-state index < -0.39 is 15.4 Å². The molecule has 1 saturated carbocycles. The van der Waals surface area contributed by atoms with Crippen molar-refractivity contribution in [2.24, 2.45) is 5.73 Å². The van der Waals surface area contributed by atoms with Crippen LogP contribution in [0.25, 0.3) is 0 Å². The van der Waals surface area contributed by atoms with Gasteiger partial charge in [0.25, 0.3) is 0 Å². The fraction of sp³-hybridized carbons (Fsp3) is 0.571. The van der Waals surface area contributed by atoms with Crippen LogP contribution in [0.4, 0.5) is 0 Å². The molecule has 0 aliphatic heterocycles. The van der Waals surface area contributed by atoms with Crippen molar-refractivity contribution in [1.29, 1.82) is 0 Å². The molecule has 2 unspecified atom stereocenters. The maximum atomic E-state index is 11.9. The molecule has 2 rings (SSSR count). The molecule has 0 amide bonds. The Labute approximate surface area is 115 Å². The van der Waals surface area contributed by atoms with Crippen LogP contribution in [0.5, 0.6) is 0 Å². The quantitative estimate of drug-likeness (QED) is 0.847. The highest BCUT2D eigenvalue weighted by molar-refractivity contribution is 7.91. The molecular weight excluding hydrogens is 260 g/mol. The summed E-state index contributed by atoms with van der Waals surface area (Å²) in [6, 6.07) is 9.99. The fourth-order valence-electron chi connectivity index (χ4n) is 3.05. The second-order valence-corrected chi connectivity index (χ2v) is 7.64. The molecule has 1 fully saturated rings. The highest BCUT2D eigenvalue weighted by Gasteiger charge is 2.46. The normalized spacial score (nSPS) is 27.6. The minimum Gasteiger partial charge on any atom is -0.329 e. The lowest BCUT2D eigenvalue weighted by atomic mass is 9.97. The summed E-state index contributed by atoms with van der Waals surface area (Å²) < 4.78 is 23.8. The van der Waals surface area contributed by atoms with Crippen LogP contribution in [0.15, 0.2) is 30.3 Å². The predicted octanol–water partition coefficient (Wildman–Crippen LogP) is 1.07. The van der Waals surface area contributed by atoms with Gasteiger partial charge in [0.1, 0.15) is 0 Å². The van der Waals surface area contributed by atoms with E-state index in [9.17, 15) is 8.42 Å². The Morgan fingerprint density at radius 3 is 2.63 bits per heavy atom. The summed E-state index contributed by atoms with van der Waals surface area (Å²) in [6.07, 6.45) is 3.76. The predicted molar refractivity (Wildman–Crippen MR) is 77.5 cm³/mol. The van der Waals surface area contributed by atoms with Gasteiger partial charge in [-0.3, -0.25) is 0 Å². The van der Waals surface area contributed by atoms with E-state index in [1.54, 1.807) is 0 Å². The smallest absolute Gasteiger partial charge is 0.152 e. The molecule has 1 aliphatic carbocycles. The van der Waals surface area contributed by atoms with E-state index >= 15 is 0 Å². The number of nitrogens with one attached hydrogen (secondary N) is 1. The molecule has 106 valence electrons. The summed E-state index contributed by atoms with van der Waals surface area (Å²) in [5, 5.41) is 3.05. The van der Waals surface area contributed by atoms with Gasteiger partial charge < -0.3 is 11.1 Å². The lowest BCUT2D eigenvalue weighted by Crippen LogP contribution is -2.58. The summed E-state index contributed by atoms with van der Waals surface area (Å²) in [4.78, 5) is 0. The Morgan fingerprint density at radius 1 is 1.37 bits per heavy atom. The Bertz CT molecular complexity index is 516. The van der Waals surface area contributed by atoms with Crippen molar-refractivity contribution >= 4 is 9.84 Å². The van der Waals surface area contributed by atoms with Gasteiger partial charge in [-0.15, -0.1) is 0 Å². The molecule has 1 aromatic carbocycles. The van der Waals surface area contributed by atoms with E-state index in [1.165, 1.54) is 6.26 Å². The van der Waals surface area contributed by atoms with E-state index in [1.807, 2.05) is 30.3 Å². The maximum absolute atomic E-state index is 11.9. The van der Waals surface area contributed by atoms with E-state index in [0.717, 1.165) is 18.4 Å². The highest BCUT2D eigenvalue weighted by atomic mass is 32.2. The molecule has 5 heteroatoms. The Morgan fingerprint density at radius 2 is 2.05 bits per heavy atom. The monoisotopic (exact) mass is 282 g/mol. The average Bonchev–Trinajstić information content (AvgIpc) is 2.82. The third kappa shape index (κ3) is 3.16. The van der Waals surface area contributed by atoms with Crippen molar-refractivity contribution in [2.75, 3.05) is 12.8 Å². The lowest BCUT2D eigenvalue weighted by Gasteiger charge is -2.34. The van der Waals surface area contributed by atoms with Crippen LogP contribution in [0.1, 0.15) is 24.8 Å². The minimum absolute atomic E-state index is 0.359. The molecule has 0 saturated heterocycles. The van der Waals surface area contributed by atoms with Crippen molar-refractivity contribution in [3.63, 3.8) is 0 Å². The van der Waals surface area contributed by atoms with E-state index in [2.05, 4.69) is 5.32 Å². The van der Waals surface area contributed by atoms with Crippen LogP contribution < -0.4 is 11.1 Å². The Hall–Kier alpha value is -0.910. The first-order chi connectivity index (χ1) is 8.98. The van der Waals surface area contributed by atoms with Crippen LogP contribution >= 0.6 is 0 Å². The van der Waals surface area contributed by atoms with Gasteiger partial charge in [-0.1, -0.05) is 36.8 Å². The molecule has 2 atom stereocenters. The standard InChI is InChI=1S/C14H22N2O2S/c1-19(17,18)13-8-5-9-14(13,11-15)16-10-12-6-3-2-4-7-12/h2-4,6-7,13,16H,5,8-11,15H2,1H3. The molecule has 1 aliphatic rings. The van der Waals surface area contributed by atoms with Gasteiger partial charge in [0, 0.05) is 24.9 Å². The summed E-state index contributed by atoms with van der Waals surface area (Å²) in [7, 11) is -3.07. The molecular formula is C14H22N2O2S. The van der Waals surface area contributed by atoms with Gasteiger partial charge in [-0.2, -0.15) is 0 Å². The number of sulfone groups is 1. The summed E-state index contributed by atoms with van der Waals surface area (Å²) in [5.41, 5.74) is 6.57. The molecule has 0 bridgehead atoms. The summed E-state index contributed by atoms with van der Waals surface area (Å²) in [6.45, 7) is 1.02. The van der Waals surface area contributed by atoms with Crippen molar-refractivity contribution in [3.05, 3.63) is 35.9 Å². The average molecular weight is 282 g/mol. The first-order valence-electron chi connectivity index (χ1n) is 6.66. The SMILES string of the molecule is CS(=O)(=O)C1CCCC1(CN)NCc1ccccc1. The second kappa shape index (κ2) is 5.61. The third-order valence-corrected chi connectivity index (χ3v) is 5.79. The molecule has 19 heavy (non-hydrogen) atoms. The van der Waals surface area contributed by atoms with Crippen molar-refractivity contribution in [1.82, 2.24) is 5.32 Å². The first kappa shape index (κ1) is 14.5. The molecule has 4 nitrogen and oxygen atoms in total. The zero-order chi connectivity index (χ0) is 13.9. The van der Waals surface area contributed by atoms with Crippen molar-refractivity contribution in [2.45, 2.75) is 36.6 Å². The number of rotatable bonds is 5. The van der Waals surface area contributed by atoms with Gasteiger partial charge in [0.05, 0.1) is 5.25 Å². The van der Waals surface area contributed by atoms with Crippen LogP contribution in [0.3, 0.4) is 0 Å². The molecule has 1 aromatic rings. The molecule has 0 heterocycles. The summed E-state index contributed by atoms with van der Waals surface area (Å²) in [5.74, 6) is 0. The highest BCUT2D eigenvalue weighted by Crippen LogP contribution is 2.34.